The number of nitrogens with two attached hydrogens (primary N) is 1. The van der Waals surface area contributed by atoms with Crippen LogP contribution in [0.4, 0.5) is 0 Å². The highest BCUT2D eigenvalue weighted by Gasteiger charge is 2.51. The summed E-state index contributed by atoms with van der Waals surface area (Å²) in [4.78, 5) is 18.8. The van der Waals surface area contributed by atoms with E-state index in [-0.39, 0.29) is 43.0 Å². The molecule has 318 valence electrons. The molecular formula is C50H57N4O7+. The zero-order valence-electron chi connectivity index (χ0n) is 34.8. The number of phenolic OH excluding ortho intramolecular Hbond substituents is 1. The van der Waals surface area contributed by atoms with E-state index >= 15 is 0 Å². The molecular weight excluding hydrogens is 769 g/mol. The lowest BCUT2D eigenvalue weighted by Gasteiger charge is -2.36. The van der Waals surface area contributed by atoms with Crippen LogP contribution in [0, 0.1) is 35.2 Å². The van der Waals surface area contributed by atoms with Crippen molar-refractivity contribution in [3.05, 3.63) is 112 Å². The third kappa shape index (κ3) is 9.64. The summed E-state index contributed by atoms with van der Waals surface area (Å²) < 4.78 is 13.1. The SMILES string of the molecule is CCC[C@H](O)C[C@@H](O)CC(=O)CCc1cc2c(cc1O)OC#CC1(CCCC1)[C@H]1C#C[C@H](O)c3ccc([C@H](N)NCCc4ccccc4)cc3CC3=C4C[NH+](C=C4N=C3)[C@@H]1O2. The molecule has 3 aromatic rings. The van der Waals surface area contributed by atoms with Crippen LogP contribution in [-0.4, -0.2) is 63.9 Å². The topological polar surface area (TPSA) is 171 Å². The van der Waals surface area contributed by atoms with Gasteiger partial charge in [0.25, 0.3) is 6.23 Å². The van der Waals surface area contributed by atoms with Gasteiger partial charge in [-0.05, 0) is 84.4 Å². The van der Waals surface area contributed by atoms with Gasteiger partial charge in [-0.3, -0.25) is 20.0 Å². The molecule has 0 saturated heterocycles. The first-order chi connectivity index (χ1) is 29.6. The van der Waals surface area contributed by atoms with Gasteiger partial charge in [0.15, 0.2) is 11.5 Å². The van der Waals surface area contributed by atoms with Gasteiger partial charge in [-0.25, -0.2) is 0 Å². The Hall–Kier alpha value is -5.24. The molecule has 11 heteroatoms. The van der Waals surface area contributed by atoms with Gasteiger partial charge >= 0.3 is 0 Å². The summed E-state index contributed by atoms with van der Waals surface area (Å²) in [6.07, 6.45) is 9.92. The number of quaternary nitrogens is 1. The lowest BCUT2D eigenvalue weighted by Crippen LogP contribution is -3.12. The zero-order valence-corrected chi connectivity index (χ0v) is 34.8. The maximum atomic E-state index is 12.9. The second kappa shape index (κ2) is 18.8. The first-order valence-electron chi connectivity index (χ1n) is 21.9. The van der Waals surface area contributed by atoms with Crippen LogP contribution in [0.5, 0.6) is 17.2 Å². The minimum Gasteiger partial charge on any atom is -0.508 e. The summed E-state index contributed by atoms with van der Waals surface area (Å²) in [7, 11) is 0. The van der Waals surface area contributed by atoms with Gasteiger partial charge in [0.05, 0.1) is 23.8 Å². The number of rotatable bonds is 14. The molecule has 8 N–H and O–H groups in total. The maximum absolute atomic E-state index is 12.9. The Kier molecular flexibility index (Phi) is 13.1. The van der Waals surface area contributed by atoms with E-state index in [1.165, 1.54) is 11.6 Å². The van der Waals surface area contributed by atoms with Crippen molar-refractivity contribution in [2.75, 3.05) is 13.1 Å². The second-order valence-electron chi connectivity index (χ2n) is 17.2. The van der Waals surface area contributed by atoms with Crippen molar-refractivity contribution in [3.63, 3.8) is 0 Å². The highest BCUT2D eigenvalue weighted by molar-refractivity contribution is 5.87. The van der Waals surface area contributed by atoms with Gasteiger partial charge in [0.2, 0.25) is 0 Å². The molecule has 0 amide bonds. The Labute approximate surface area is 358 Å². The molecule has 1 fully saturated rings. The summed E-state index contributed by atoms with van der Waals surface area (Å²) in [5.74, 6) is 10.2. The van der Waals surface area contributed by atoms with Gasteiger partial charge in [-0.15, -0.1) is 0 Å². The first kappa shape index (κ1) is 42.5. The molecule has 5 aliphatic rings. The minimum absolute atomic E-state index is 0.0519. The van der Waals surface area contributed by atoms with Crippen molar-refractivity contribution in [3.8, 4) is 41.1 Å². The molecule has 0 aromatic heterocycles. The number of aliphatic hydroxyl groups is 3. The number of carbonyl (C=O) groups is 1. The molecule has 61 heavy (non-hydrogen) atoms. The van der Waals surface area contributed by atoms with E-state index in [4.69, 9.17) is 20.2 Å². The molecule has 1 aliphatic carbocycles. The Morgan fingerprint density at radius 2 is 1.87 bits per heavy atom. The van der Waals surface area contributed by atoms with E-state index in [1.807, 2.05) is 43.5 Å². The number of nitrogens with zero attached hydrogens (tertiary/aromatic N) is 1. The quantitative estimate of drug-likeness (QED) is 0.0905. The van der Waals surface area contributed by atoms with E-state index in [0.717, 1.165) is 77.0 Å². The molecule has 1 saturated carbocycles. The molecule has 4 heterocycles. The van der Waals surface area contributed by atoms with E-state index in [0.29, 0.717) is 37.2 Å². The zero-order chi connectivity index (χ0) is 42.5. The number of carbonyl (C=O) groups excluding carboxylic acids is 1. The van der Waals surface area contributed by atoms with Crippen molar-refractivity contribution in [1.82, 2.24) is 5.32 Å². The Balaban J connectivity index is 1.10. The minimum atomic E-state index is -1.09. The number of allylic oxidation sites excluding steroid dienone is 1. The largest absolute Gasteiger partial charge is 0.508 e. The number of phenols is 1. The molecule has 1 spiro atoms. The van der Waals surface area contributed by atoms with Crippen molar-refractivity contribution in [1.29, 1.82) is 0 Å². The van der Waals surface area contributed by atoms with Crippen LogP contribution in [0.15, 0.2) is 88.7 Å². The Morgan fingerprint density at radius 3 is 2.67 bits per heavy atom. The van der Waals surface area contributed by atoms with Crippen LogP contribution in [-0.2, 0) is 24.1 Å². The average Bonchev–Trinajstić information content (AvgIpc) is 3.99. The van der Waals surface area contributed by atoms with Crippen LogP contribution in [0.2, 0.25) is 0 Å². The van der Waals surface area contributed by atoms with Crippen LogP contribution in [0.1, 0.15) is 105 Å². The monoisotopic (exact) mass is 825 g/mol. The fourth-order valence-electron chi connectivity index (χ4n) is 9.54. The molecule has 7 atom stereocenters. The number of hydrogen-bond donors (Lipinski definition) is 7. The third-order valence-electron chi connectivity index (χ3n) is 12.9. The number of aromatic hydroxyl groups is 1. The number of fused-ring (bicyclic) bond motifs is 6. The predicted molar refractivity (Wildman–Crippen MR) is 232 cm³/mol. The molecule has 4 aliphatic heterocycles. The number of ether oxygens (including phenoxy) is 2. The lowest BCUT2D eigenvalue weighted by molar-refractivity contribution is -0.891. The standard InChI is InChI=1S/C50H56N4O7/c1-2-8-37(55)26-39(57)27-38(56)13-11-33-25-47-46(28-45(33)59)60-22-20-50(18-6-7-19-50)42-15-16-44(58)40-14-12-34(48(51)52-21-17-32-9-4-3-5-10-32)23-35(40)24-36-29-53-43-31-54(30-41(36)43)49(42)61-47/h3-5,9-10,12,14,23,25,28-29,31,37,39,42,44,48-49,52,55,57-59H,2,6-8,11,13,17-19,21,24,26-27,30,51H2,1H3/p+1/t37-,39+,42-,44-,48+,49+/m0/s1. The molecule has 11 nitrogen and oxygen atoms in total. The van der Waals surface area contributed by atoms with E-state index in [1.54, 1.807) is 6.07 Å². The summed E-state index contributed by atoms with van der Waals surface area (Å²) in [6.45, 7) is 3.27. The molecule has 8 rings (SSSR count). The first-order valence-corrected chi connectivity index (χ1v) is 21.9. The summed E-state index contributed by atoms with van der Waals surface area (Å²) in [5.41, 5.74) is 13.5. The van der Waals surface area contributed by atoms with Crippen molar-refractivity contribution >= 4 is 12.0 Å². The smallest absolute Gasteiger partial charge is 0.252 e. The van der Waals surface area contributed by atoms with E-state index in [2.05, 4.69) is 53.6 Å². The van der Waals surface area contributed by atoms with Crippen LogP contribution in [0.25, 0.3) is 0 Å². The van der Waals surface area contributed by atoms with Gasteiger partial charge in [0, 0.05) is 37.2 Å². The summed E-state index contributed by atoms with van der Waals surface area (Å²) in [6, 6.07) is 19.5. The number of nitrogens with one attached hydrogen (secondary N) is 2. The van der Waals surface area contributed by atoms with Crippen molar-refractivity contribution < 1.29 is 39.6 Å². The fraction of sp³-hybridized carbons (Fsp3) is 0.440. The van der Waals surface area contributed by atoms with Gasteiger partial charge in [0.1, 0.15) is 48.1 Å². The molecule has 2 bridgehead atoms. The number of hydrogen-bond acceptors (Lipinski definition) is 10. The van der Waals surface area contributed by atoms with Gasteiger partial charge in [-0.1, -0.05) is 92.5 Å². The highest BCUT2D eigenvalue weighted by Crippen LogP contribution is 2.47. The molecule has 0 radical (unpaired) electrons. The van der Waals surface area contributed by atoms with Crippen LogP contribution < -0.4 is 25.4 Å². The number of Topliss-reactive ketones (excluding diaryl/α,β-unsaturated/α-hetero) is 1. The second-order valence-corrected chi connectivity index (χ2v) is 17.2. The number of benzene rings is 3. The van der Waals surface area contributed by atoms with E-state index < -0.39 is 42.0 Å². The normalized spacial score (nSPS) is 23.3. The Morgan fingerprint density at radius 1 is 1.05 bits per heavy atom. The highest BCUT2D eigenvalue weighted by atomic mass is 16.5. The fourth-order valence-corrected chi connectivity index (χ4v) is 9.54. The number of ketones is 1. The number of aryl methyl sites for hydroxylation is 1. The maximum Gasteiger partial charge on any atom is 0.252 e. The number of aliphatic hydroxyl groups excluding tert-OH is 3. The van der Waals surface area contributed by atoms with E-state index in [9.17, 15) is 25.2 Å². The average molecular weight is 826 g/mol. The lowest BCUT2D eigenvalue weighted by atomic mass is 9.73. The van der Waals surface area contributed by atoms with Crippen LogP contribution >= 0.6 is 0 Å². The summed E-state index contributed by atoms with van der Waals surface area (Å²) in [5, 5.41) is 47.1. The summed E-state index contributed by atoms with van der Waals surface area (Å²) >= 11 is 0. The van der Waals surface area contributed by atoms with Crippen LogP contribution in [0.3, 0.4) is 0 Å². The van der Waals surface area contributed by atoms with Crippen molar-refractivity contribution in [2.45, 2.75) is 115 Å². The molecule has 1 unspecified atom stereocenters. The predicted octanol–water partition coefficient (Wildman–Crippen LogP) is 4.63. The van der Waals surface area contributed by atoms with Crippen molar-refractivity contribution in [2.24, 2.45) is 22.1 Å². The van der Waals surface area contributed by atoms with Gasteiger partial charge < -0.3 is 35.6 Å². The number of aliphatic imine (C=N–C) groups is 1. The molecule has 3 aromatic carbocycles. The Bertz CT molecular complexity index is 2330. The van der Waals surface area contributed by atoms with Gasteiger partial charge in [-0.2, -0.15) is 0 Å². The third-order valence-corrected chi connectivity index (χ3v) is 12.9.